The second kappa shape index (κ2) is 10.8. The highest BCUT2D eigenvalue weighted by molar-refractivity contribution is 5.80. The van der Waals surface area contributed by atoms with E-state index in [0.29, 0.717) is 44.5 Å². The highest BCUT2D eigenvalue weighted by Gasteiger charge is 2.02. The van der Waals surface area contributed by atoms with Gasteiger partial charge < -0.3 is 15.4 Å². The average molecular weight is 259 g/mol. The fourth-order valence-electron chi connectivity index (χ4n) is 1.10. The van der Waals surface area contributed by atoms with Crippen LogP contribution in [-0.2, 0) is 9.53 Å². The number of hydrazine groups is 1. The van der Waals surface area contributed by atoms with Crippen LogP contribution in [0.25, 0.3) is 0 Å². The van der Waals surface area contributed by atoms with Gasteiger partial charge in [0.25, 0.3) is 0 Å². The van der Waals surface area contributed by atoms with Gasteiger partial charge in [0, 0.05) is 26.6 Å². The number of hydrogen-bond donors (Lipinski definition) is 4. The molecule has 0 aromatic rings. The highest BCUT2D eigenvalue weighted by atomic mass is 16.5. The van der Waals surface area contributed by atoms with Crippen molar-refractivity contribution in [1.82, 2.24) is 16.1 Å². The molecule has 0 bridgehead atoms. The van der Waals surface area contributed by atoms with Gasteiger partial charge in [-0.15, -0.1) is 0 Å². The Morgan fingerprint density at radius 2 is 2.11 bits per heavy atom. The molecule has 0 atom stereocenters. The molecular formula is C11H25N5O2. The molecule has 7 nitrogen and oxygen atoms in total. The molecule has 0 unspecified atom stereocenters. The Balaban J connectivity index is 3.72. The number of aliphatic imine (C=N–C) groups is 1. The quantitative estimate of drug-likeness (QED) is 0.150. The van der Waals surface area contributed by atoms with E-state index in [1.54, 1.807) is 7.11 Å². The fraction of sp³-hybridized carbons (Fsp3) is 0.818. The molecule has 0 saturated carbocycles. The molecule has 0 aromatic carbocycles. The number of ether oxygens (including phenoxy) is 1. The molecule has 7 heteroatoms. The molecule has 0 spiro atoms. The van der Waals surface area contributed by atoms with Gasteiger partial charge in [0.05, 0.1) is 13.2 Å². The van der Waals surface area contributed by atoms with Gasteiger partial charge in [-0.05, 0) is 5.92 Å². The summed E-state index contributed by atoms with van der Waals surface area (Å²) in [5, 5.41) is 5.78. The molecule has 106 valence electrons. The van der Waals surface area contributed by atoms with E-state index in [1.807, 2.05) is 0 Å². The summed E-state index contributed by atoms with van der Waals surface area (Å²) >= 11 is 0. The average Bonchev–Trinajstić information content (AvgIpc) is 2.34. The maximum Gasteiger partial charge on any atom is 0.221 e. The summed E-state index contributed by atoms with van der Waals surface area (Å²) in [6, 6.07) is 0. The summed E-state index contributed by atoms with van der Waals surface area (Å²) in [7, 11) is 1.61. The lowest BCUT2D eigenvalue weighted by Crippen LogP contribution is -2.43. The van der Waals surface area contributed by atoms with Crippen LogP contribution in [0, 0.1) is 5.92 Å². The van der Waals surface area contributed by atoms with Crippen LogP contribution in [0.15, 0.2) is 4.99 Å². The maximum atomic E-state index is 11.4. The molecule has 0 aromatic heterocycles. The standard InChI is InChI=1S/C11H25N5O2/c1-9(2)8-15-10(17)4-5-13-11(16-12)14-6-7-18-3/h9H,4-8,12H2,1-3H3,(H,15,17)(H2,13,14,16). The molecule has 0 saturated heterocycles. The lowest BCUT2D eigenvalue weighted by atomic mass is 10.2. The predicted octanol–water partition coefficient (Wildman–Crippen LogP) is -0.796. The van der Waals surface area contributed by atoms with Gasteiger partial charge in [0.15, 0.2) is 0 Å². The van der Waals surface area contributed by atoms with Crippen LogP contribution >= 0.6 is 0 Å². The Morgan fingerprint density at radius 1 is 1.39 bits per heavy atom. The second-order valence-electron chi connectivity index (χ2n) is 4.24. The molecule has 0 heterocycles. The van der Waals surface area contributed by atoms with Crippen molar-refractivity contribution < 1.29 is 9.53 Å². The minimum absolute atomic E-state index is 0.0180. The number of carbonyl (C=O) groups is 1. The van der Waals surface area contributed by atoms with E-state index in [9.17, 15) is 4.79 Å². The van der Waals surface area contributed by atoms with Crippen molar-refractivity contribution >= 4 is 11.9 Å². The van der Waals surface area contributed by atoms with Crippen LogP contribution in [0.3, 0.4) is 0 Å². The number of hydrogen-bond acceptors (Lipinski definition) is 4. The van der Waals surface area contributed by atoms with Crippen molar-refractivity contribution in [2.75, 3.05) is 33.4 Å². The first-order chi connectivity index (χ1) is 8.60. The zero-order valence-corrected chi connectivity index (χ0v) is 11.5. The molecule has 0 aliphatic carbocycles. The molecule has 0 aliphatic rings. The maximum absolute atomic E-state index is 11.4. The number of methoxy groups -OCH3 is 1. The van der Waals surface area contributed by atoms with Gasteiger partial charge in [0.1, 0.15) is 0 Å². The Labute approximate surface area is 109 Å². The monoisotopic (exact) mass is 259 g/mol. The first-order valence-corrected chi connectivity index (χ1v) is 6.10. The van der Waals surface area contributed by atoms with Crippen LogP contribution in [-0.4, -0.2) is 45.2 Å². The molecular weight excluding hydrogens is 234 g/mol. The molecule has 0 aliphatic heterocycles. The number of amides is 1. The molecule has 18 heavy (non-hydrogen) atoms. The van der Waals surface area contributed by atoms with E-state index < -0.39 is 0 Å². The van der Waals surface area contributed by atoms with E-state index >= 15 is 0 Å². The number of carbonyl (C=O) groups excluding carboxylic acids is 1. The molecule has 0 fully saturated rings. The number of guanidine groups is 1. The van der Waals surface area contributed by atoms with E-state index in [4.69, 9.17) is 10.6 Å². The van der Waals surface area contributed by atoms with E-state index in [-0.39, 0.29) is 5.91 Å². The van der Waals surface area contributed by atoms with Gasteiger partial charge in [-0.2, -0.15) is 0 Å². The largest absolute Gasteiger partial charge is 0.383 e. The third kappa shape index (κ3) is 9.86. The van der Waals surface area contributed by atoms with Gasteiger partial charge in [-0.1, -0.05) is 13.8 Å². The van der Waals surface area contributed by atoms with Crippen LogP contribution in [0.1, 0.15) is 20.3 Å². The number of nitrogens with zero attached hydrogens (tertiary/aromatic N) is 1. The van der Waals surface area contributed by atoms with Crippen molar-refractivity contribution in [2.24, 2.45) is 16.8 Å². The molecule has 1 amide bonds. The summed E-state index contributed by atoms with van der Waals surface area (Å²) in [4.78, 5) is 15.5. The van der Waals surface area contributed by atoms with Gasteiger partial charge in [0.2, 0.25) is 11.9 Å². The SMILES string of the molecule is COCCN=C(NN)NCCC(=O)NCC(C)C. The fourth-order valence-corrected chi connectivity index (χ4v) is 1.10. The third-order valence-electron chi connectivity index (χ3n) is 2.05. The number of nitrogens with two attached hydrogens (primary N) is 1. The van der Waals surface area contributed by atoms with Crippen LogP contribution < -0.4 is 21.9 Å². The lowest BCUT2D eigenvalue weighted by Gasteiger charge is -2.10. The van der Waals surface area contributed by atoms with Crippen molar-refractivity contribution in [3.8, 4) is 0 Å². The van der Waals surface area contributed by atoms with Crippen molar-refractivity contribution in [1.29, 1.82) is 0 Å². The Bertz CT molecular complexity index is 256. The van der Waals surface area contributed by atoms with Crippen LogP contribution in [0.5, 0.6) is 0 Å². The van der Waals surface area contributed by atoms with E-state index in [0.717, 1.165) is 0 Å². The van der Waals surface area contributed by atoms with E-state index in [1.165, 1.54) is 0 Å². The smallest absolute Gasteiger partial charge is 0.221 e. The Kier molecular flexibility index (Phi) is 9.99. The number of rotatable bonds is 8. The lowest BCUT2D eigenvalue weighted by molar-refractivity contribution is -0.121. The first kappa shape index (κ1) is 16.7. The van der Waals surface area contributed by atoms with Crippen LogP contribution in [0.4, 0.5) is 0 Å². The number of nitrogens with one attached hydrogen (secondary N) is 3. The van der Waals surface area contributed by atoms with Gasteiger partial charge >= 0.3 is 0 Å². The molecule has 0 radical (unpaired) electrons. The van der Waals surface area contributed by atoms with Gasteiger partial charge in [-0.3, -0.25) is 10.2 Å². The summed E-state index contributed by atoms with van der Waals surface area (Å²) in [6.45, 7) is 6.34. The minimum Gasteiger partial charge on any atom is -0.383 e. The zero-order chi connectivity index (χ0) is 13.8. The summed E-state index contributed by atoms with van der Waals surface area (Å²) in [5.74, 6) is 6.22. The topological polar surface area (TPSA) is 101 Å². The van der Waals surface area contributed by atoms with Crippen molar-refractivity contribution in [2.45, 2.75) is 20.3 Å². The molecule has 5 N–H and O–H groups in total. The second-order valence-corrected chi connectivity index (χ2v) is 4.24. The zero-order valence-electron chi connectivity index (χ0n) is 11.5. The van der Waals surface area contributed by atoms with E-state index in [2.05, 4.69) is 34.9 Å². The normalized spacial score (nSPS) is 11.5. The van der Waals surface area contributed by atoms with Gasteiger partial charge in [-0.25, -0.2) is 10.8 Å². The third-order valence-corrected chi connectivity index (χ3v) is 2.05. The predicted molar refractivity (Wildman–Crippen MR) is 72.0 cm³/mol. The van der Waals surface area contributed by atoms with Crippen LogP contribution in [0.2, 0.25) is 0 Å². The Morgan fingerprint density at radius 3 is 2.67 bits per heavy atom. The highest BCUT2D eigenvalue weighted by Crippen LogP contribution is 1.88. The Hall–Kier alpha value is -1.34. The summed E-state index contributed by atoms with van der Waals surface area (Å²) in [5.41, 5.74) is 2.44. The van der Waals surface area contributed by atoms with Crippen molar-refractivity contribution in [3.63, 3.8) is 0 Å². The van der Waals surface area contributed by atoms with Crippen molar-refractivity contribution in [3.05, 3.63) is 0 Å². The summed E-state index contributed by atoms with van der Waals surface area (Å²) < 4.78 is 4.87. The minimum atomic E-state index is 0.0180. The first-order valence-electron chi connectivity index (χ1n) is 6.10. The summed E-state index contributed by atoms with van der Waals surface area (Å²) in [6.07, 6.45) is 0.387. The molecule has 0 rings (SSSR count).